The first kappa shape index (κ1) is 42.5. The Balaban J connectivity index is 0.907. The fourth-order valence-corrected chi connectivity index (χ4v) is 13.1. The Morgan fingerprint density at radius 3 is 1.53 bits per heavy atom. The van der Waals surface area contributed by atoms with Crippen LogP contribution in [-0.4, -0.2) is 0 Å². The van der Waals surface area contributed by atoms with E-state index >= 15 is 0 Å². The highest BCUT2D eigenvalue weighted by Gasteiger charge is 2.51. The van der Waals surface area contributed by atoms with Gasteiger partial charge in [-0.1, -0.05) is 224 Å². The van der Waals surface area contributed by atoms with Crippen LogP contribution < -0.4 is 9.64 Å². The lowest BCUT2D eigenvalue weighted by Gasteiger charge is -2.39. The number of anilines is 3. The summed E-state index contributed by atoms with van der Waals surface area (Å²) < 4.78 is 13.8. The van der Waals surface area contributed by atoms with Gasteiger partial charge in [0, 0.05) is 38.8 Å². The van der Waals surface area contributed by atoms with Crippen molar-refractivity contribution in [3.8, 4) is 56.0 Å². The van der Waals surface area contributed by atoms with E-state index in [-0.39, 0.29) is 0 Å². The van der Waals surface area contributed by atoms with Gasteiger partial charge < -0.3 is 14.1 Å². The second-order valence-corrected chi connectivity index (χ2v) is 20.2. The van der Waals surface area contributed by atoms with Crippen molar-refractivity contribution < 1.29 is 9.15 Å². The zero-order chi connectivity index (χ0) is 49.9. The van der Waals surface area contributed by atoms with Crippen molar-refractivity contribution in [1.82, 2.24) is 0 Å². The van der Waals surface area contributed by atoms with Gasteiger partial charge in [-0.25, -0.2) is 0 Å². The molecule has 354 valence electrons. The highest BCUT2D eigenvalue weighted by atomic mass is 16.5. The van der Waals surface area contributed by atoms with E-state index in [1.165, 1.54) is 54.9 Å². The predicted octanol–water partition coefficient (Wildman–Crippen LogP) is 20.0. The molecule has 14 aromatic rings. The number of rotatable bonds is 6. The van der Waals surface area contributed by atoms with Gasteiger partial charge in [0.1, 0.15) is 22.7 Å². The number of furan rings is 1. The molecular formula is C73H45NO2. The Labute approximate surface area is 439 Å². The van der Waals surface area contributed by atoms with Crippen LogP contribution in [0, 0.1) is 0 Å². The third kappa shape index (κ3) is 6.11. The topological polar surface area (TPSA) is 25.6 Å². The molecule has 13 aromatic carbocycles. The average Bonchev–Trinajstić information content (AvgIpc) is 4.05. The summed E-state index contributed by atoms with van der Waals surface area (Å²) in [6.45, 7) is 0. The summed E-state index contributed by atoms with van der Waals surface area (Å²) in [7, 11) is 0. The summed E-state index contributed by atoms with van der Waals surface area (Å²) in [6, 6.07) is 99.3. The molecule has 3 heteroatoms. The van der Waals surface area contributed by atoms with Crippen molar-refractivity contribution in [2.75, 3.05) is 4.90 Å². The fraction of sp³-hybridized carbons (Fsp3) is 0.0137. The first-order valence-electron chi connectivity index (χ1n) is 26.1. The highest BCUT2D eigenvalue weighted by molar-refractivity contribution is 6.23. The fourth-order valence-electron chi connectivity index (χ4n) is 13.1. The summed E-state index contributed by atoms with van der Waals surface area (Å²) in [5.74, 6) is 1.78. The van der Waals surface area contributed by atoms with Crippen molar-refractivity contribution in [3.05, 3.63) is 295 Å². The molecule has 3 nitrogen and oxygen atoms in total. The first-order chi connectivity index (χ1) is 37.7. The van der Waals surface area contributed by atoms with E-state index in [1.54, 1.807) is 0 Å². The molecule has 0 N–H and O–H groups in total. The zero-order valence-corrected chi connectivity index (χ0v) is 41.2. The van der Waals surface area contributed by atoms with Crippen molar-refractivity contribution in [2.24, 2.45) is 0 Å². The lowest BCUT2D eigenvalue weighted by molar-refractivity contribution is 0.436. The number of benzene rings is 13. The lowest BCUT2D eigenvalue weighted by atomic mass is 9.66. The third-order valence-corrected chi connectivity index (χ3v) is 16.3. The second kappa shape index (κ2) is 16.5. The quantitative estimate of drug-likeness (QED) is 0.155. The van der Waals surface area contributed by atoms with Gasteiger partial charge in [0.05, 0.1) is 16.5 Å². The highest BCUT2D eigenvalue weighted by Crippen LogP contribution is 2.63. The normalized spacial score (nSPS) is 12.9. The summed E-state index contributed by atoms with van der Waals surface area (Å²) in [5, 5.41) is 9.31. The van der Waals surface area contributed by atoms with Crippen molar-refractivity contribution >= 4 is 71.3 Å². The van der Waals surface area contributed by atoms with E-state index in [9.17, 15) is 0 Å². The van der Waals surface area contributed by atoms with Crippen molar-refractivity contribution in [1.29, 1.82) is 0 Å². The van der Waals surface area contributed by atoms with Crippen molar-refractivity contribution in [3.63, 3.8) is 0 Å². The van der Waals surface area contributed by atoms with E-state index in [0.717, 1.165) is 94.7 Å². The van der Waals surface area contributed by atoms with Gasteiger partial charge >= 0.3 is 0 Å². The third-order valence-electron chi connectivity index (χ3n) is 16.3. The molecule has 0 saturated carbocycles. The Bertz CT molecular complexity index is 4620. The molecule has 1 aliphatic carbocycles. The number of nitrogens with zero attached hydrogens (tertiary/aromatic N) is 1. The molecule has 1 aliphatic heterocycles. The molecule has 0 amide bonds. The molecule has 0 unspecified atom stereocenters. The number of hydrogen-bond acceptors (Lipinski definition) is 3. The average molecular weight is 968 g/mol. The monoisotopic (exact) mass is 967 g/mol. The minimum Gasteiger partial charge on any atom is -0.457 e. The van der Waals surface area contributed by atoms with Crippen LogP contribution in [0.1, 0.15) is 22.3 Å². The lowest BCUT2D eigenvalue weighted by Crippen LogP contribution is -2.32. The van der Waals surface area contributed by atoms with Crippen LogP contribution >= 0.6 is 0 Å². The van der Waals surface area contributed by atoms with Gasteiger partial charge in [0.15, 0.2) is 0 Å². The molecule has 0 atom stereocenters. The van der Waals surface area contributed by atoms with Gasteiger partial charge in [-0.15, -0.1) is 0 Å². The standard InChI is InChI=1S/C73H45NO2/c1-2-18-46(19-3-1)55-28-16-29-60-70-66(45-50-21-5-7-23-56(50)72(70)76-71(55)60)74(52-42-38-48(39-43-52)61-44-49-20-4-6-22-53(49)57-24-8-9-25-58(57)61)51-40-36-47(37-41-51)54-27-17-33-65-69(54)59-26-10-11-30-62(59)73(65)63-31-12-14-34-67(63)75-68-35-15-13-32-64(68)73/h1-45H. The maximum absolute atomic E-state index is 7.17. The minimum absolute atomic E-state index is 0.551. The Hall–Kier alpha value is -9.96. The zero-order valence-electron chi connectivity index (χ0n) is 41.2. The van der Waals surface area contributed by atoms with Crippen LogP contribution in [0.15, 0.2) is 277 Å². The van der Waals surface area contributed by atoms with Crippen LogP contribution in [-0.2, 0) is 5.41 Å². The predicted molar refractivity (Wildman–Crippen MR) is 315 cm³/mol. The van der Waals surface area contributed by atoms with Crippen molar-refractivity contribution in [2.45, 2.75) is 5.41 Å². The van der Waals surface area contributed by atoms with E-state index in [0.29, 0.717) is 0 Å². The van der Waals surface area contributed by atoms with Crippen LogP contribution in [0.4, 0.5) is 17.1 Å². The summed E-state index contributed by atoms with van der Waals surface area (Å²) in [6.07, 6.45) is 0. The van der Waals surface area contributed by atoms with Gasteiger partial charge in [-0.05, 0) is 126 Å². The van der Waals surface area contributed by atoms with Crippen LogP contribution in [0.3, 0.4) is 0 Å². The molecule has 76 heavy (non-hydrogen) atoms. The molecule has 2 aliphatic rings. The molecule has 0 bridgehead atoms. The van der Waals surface area contributed by atoms with Gasteiger partial charge in [0.2, 0.25) is 0 Å². The van der Waals surface area contributed by atoms with E-state index in [1.807, 2.05) is 0 Å². The van der Waals surface area contributed by atoms with Gasteiger partial charge in [-0.2, -0.15) is 0 Å². The van der Waals surface area contributed by atoms with E-state index in [2.05, 4.69) is 278 Å². The molecule has 16 rings (SSSR count). The van der Waals surface area contributed by atoms with Crippen LogP contribution in [0.5, 0.6) is 11.5 Å². The maximum Gasteiger partial charge on any atom is 0.145 e. The minimum atomic E-state index is -0.551. The number of para-hydroxylation sites is 3. The summed E-state index contributed by atoms with van der Waals surface area (Å²) in [5.41, 5.74) is 18.6. The summed E-state index contributed by atoms with van der Waals surface area (Å²) in [4.78, 5) is 2.43. The largest absolute Gasteiger partial charge is 0.457 e. The Morgan fingerprint density at radius 1 is 0.303 bits per heavy atom. The van der Waals surface area contributed by atoms with E-state index in [4.69, 9.17) is 9.15 Å². The smallest absolute Gasteiger partial charge is 0.145 e. The summed E-state index contributed by atoms with van der Waals surface area (Å²) >= 11 is 0. The molecule has 0 radical (unpaired) electrons. The second-order valence-electron chi connectivity index (χ2n) is 20.2. The van der Waals surface area contributed by atoms with Crippen LogP contribution in [0.25, 0.3) is 98.8 Å². The molecule has 0 saturated heterocycles. The number of ether oxygens (including phenoxy) is 1. The number of hydrogen-bond donors (Lipinski definition) is 0. The number of fused-ring (bicyclic) bond motifs is 17. The molecular weight excluding hydrogens is 923 g/mol. The van der Waals surface area contributed by atoms with Gasteiger partial charge in [-0.3, -0.25) is 0 Å². The van der Waals surface area contributed by atoms with Crippen LogP contribution in [0.2, 0.25) is 0 Å². The Kier molecular flexibility index (Phi) is 9.25. The van der Waals surface area contributed by atoms with E-state index < -0.39 is 5.41 Å². The molecule has 0 fully saturated rings. The SMILES string of the molecule is c1ccc(-c2cccc3c2oc2c4ccccc4cc(N(c4ccc(-c5cccc6c5-c5ccccc5C65c6ccccc6Oc6ccccc65)cc4)c4ccc(-c5cc6ccccc6c6ccccc56)cc4)c32)cc1. The Morgan fingerprint density at radius 2 is 0.803 bits per heavy atom. The molecule has 2 heterocycles. The molecule has 1 spiro atoms. The first-order valence-corrected chi connectivity index (χ1v) is 26.1. The van der Waals surface area contributed by atoms with Gasteiger partial charge in [0.25, 0.3) is 0 Å². The molecule has 1 aromatic heterocycles. The maximum atomic E-state index is 7.17.